The summed E-state index contributed by atoms with van der Waals surface area (Å²) in [4.78, 5) is 25.7. The van der Waals surface area contributed by atoms with Crippen LogP contribution in [0.2, 0.25) is 0 Å². The van der Waals surface area contributed by atoms with Crippen LogP contribution in [0.4, 0.5) is 10.1 Å². The molecule has 0 aliphatic rings. The Labute approximate surface area is 191 Å². The van der Waals surface area contributed by atoms with E-state index in [1.54, 1.807) is 31.3 Å². The summed E-state index contributed by atoms with van der Waals surface area (Å²) in [6, 6.07) is 9.27. The van der Waals surface area contributed by atoms with E-state index in [0.717, 1.165) is 23.6 Å². The van der Waals surface area contributed by atoms with E-state index >= 15 is 4.39 Å². The number of nitrogens with one attached hydrogen (secondary N) is 1. The van der Waals surface area contributed by atoms with E-state index in [4.69, 9.17) is 9.47 Å². The van der Waals surface area contributed by atoms with E-state index in [-0.39, 0.29) is 23.1 Å². The molecule has 1 N–H and O–H groups in total. The lowest BCUT2D eigenvalue weighted by molar-refractivity contribution is 0.101. The van der Waals surface area contributed by atoms with Crippen LogP contribution in [-0.2, 0) is 13.5 Å². The zero-order chi connectivity index (χ0) is 24.1. The molecule has 2 aromatic carbocycles. The van der Waals surface area contributed by atoms with Gasteiger partial charge in [-0.2, -0.15) is 4.68 Å². The van der Waals surface area contributed by atoms with Crippen molar-refractivity contribution in [1.29, 1.82) is 0 Å². The Bertz CT molecular complexity index is 1200. The molecule has 8 nitrogen and oxygen atoms in total. The van der Waals surface area contributed by atoms with Gasteiger partial charge in [0.1, 0.15) is 28.8 Å². The van der Waals surface area contributed by atoms with Crippen LogP contribution < -0.4 is 20.5 Å². The first-order chi connectivity index (χ1) is 15.8. The van der Waals surface area contributed by atoms with Crippen molar-refractivity contribution < 1.29 is 18.7 Å². The minimum atomic E-state index is -0.760. The van der Waals surface area contributed by atoms with E-state index in [2.05, 4.69) is 10.4 Å². The highest BCUT2D eigenvalue weighted by Crippen LogP contribution is 2.28. The topological polar surface area (TPSA) is 87.4 Å². The maximum atomic E-state index is 15.2. The number of aryl methyl sites for hydroxylation is 1. The van der Waals surface area contributed by atoms with Gasteiger partial charge in [0.25, 0.3) is 5.91 Å². The first-order valence-corrected chi connectivity index (χ1v) is 10.9. The lowest BCUT2D eigenvalue weighted by atomic mass is 10.1. The maximum Gasteiger partial charge on any atom is 0.350 e. The number of hydrogen-bond donors (Lipinski definition) is 1. The largest absolute Gasteiger partial charge is 0.497 e. The highest BCUT2D eigenvalue weighted by molar-refractivity contribution is 6.06. The number of carbonyl (C=O) groups is 1. The molecule has 33 heavy (non-hydrogen) atoms. The Hall–Kier alpha value is -3.62. The molecule has 0 radical (unpaired) electrons. The molecule has 3 aromatic rings. The number of aromatic nitrogens is 3. The predicted octanol–water partition coefficient (Wildman–Crippen LogP) is 4.10. The van der Waals surface area contributed by atoms with E-state index in [0.29, 0.717) is 23.7 Å². The summed E-state index contributed by atoms with van der Waals surface area (Å²) in [7, 11) is 3.11. The van der Waals surface area contributed by atoms with Gasteiger partial charge in [0.15, 0.2) is 0 Å². The molecule has 1 heterocycles. The van der Waals surface area contributed by atoms with E-state index in [1.165, 1.54) is 17.7 Å². The van der Waals surface area contributed by atoms with Crippen LogP contribution in [-0.4, -0.2) is 33.5 Å². The lowest BCUT2D eigenvalue weighted by Gasteiger charge is -2.18. The number of methoxy groups -OCH3 is 1. The molecule has 0 aliphatic carbocycles. The number of nitrogens with zero attached hydrogens (tertiary/aromatic N) is 3. The smallest absolute Gasteiger partial charge is 0.350 e. The van der Waals surface area contributed by atoms with Crippen molar-refractivity contribution in [1.82, 2.24) is 14.3 Å². The highest BCUT2D eigenvalue weighted by Gasteiger charge is 2.22. The number of benzene rings is 2. The van der Waals surface area contributed by atoms with E-state index in [1.807, 2.05) is 20.8 Å². The van der Waals surface area contributed by atoms with Crippen molar-refractivity contribution in [3.05, 3.63) is 64.1 Å². The molecule has 1 atom stereocenters. The van der Waals surface area contributed by atoms with E-state index in [9.17, 15) is 9.59 Å². The van der Waals surface area contributed by atoms with Crippen molar-refractivity contribution in [3.8, 4) is 17.2 Å². The van der Waals surface area contributed by atoms with Gasteiger partial charge in [-0.3, -0.25) is 9.36 Å². The molecule has 0 saturated carbocycles. The van der Waals surface area contributed by atoms with Crippen molar-refractivity contribution in [3.63, 3.8) is 0 Å². The van der Waals surface area contributed by atoms with Gasteiger partial charge in [0.05, 0.1) is 18.8 Å². The van der Waals surface area contributed by atoms with Crippen LogP contribution in [0.15, 0.2) is 41.2 Å². The summed E-state index contributed by atoms with van der Waals surface area (Å²) < 4.78 is 28.7. The Morgan fingerprint density at radius 3 is 2.64 bits per heavy atom. The molecule has 1 unspecified atom stereocenters. The van der Waals surface area contributed by atoms with Crippen LogP contribution >= 0.6 is 0 Å². The molecule has 1 amide bonds. The van der Waals surface area contributed by atoms with Gasteiger partial charge in [-0.25, -0.2) is 9.18 Å². The molecular weight excluding hydrogens is 427 g/mol. The number of hydrogen-bond acceptors (Lipinski definition) is 5. The predicted molar refractivity (Wildman–Crippen MR) is 124 cm³/mol. The first-order valence-electron chi connectivity index (χ1n) is 10.9. The van der Waals surface area contributed by atoms with E-state index < -0.39 is 17.4 Å². The summed E-state index contributed by atoms with van der Waals surface area (Å²) in [6.45, 7) is 5.75. The van der Waals surface area contributed by atoms with Crippen LogP contribution in [0.3, 0.4) is 0 Å². The summed E-state index contributed by atoms with van der Waals surface area (Å²) in [5, 5.41) is 6.98. The minimum absolute atomic E-state index is 0.0155. The summed E-state index contributed by atoms with van der Waals surface area (Å²) in [5.74, 6) is -0.0489. The Kier molecular flexibility index (Phi) is 7.52. The number of anilines is 1. The third-order valence-corrected chi connectivity index (χ3v) is 5.26. The molecule has 0 spiro atoms. The molecular formula is C24H29FN4O4. The molecule has 9 heteroatoms. The number of ether oxygens (including phenoxy) is 2. The molecule has 1 aromatic heterocycles. The average Bonchev–Trinajstić information content (AvgIpc) is 3.08. The second-order valence-corrected chi connectivity index (χ2v) is 7.73. The number of rotatable bonds is 9. The molecule has 0 bridgehead atoms. The van der Waals surface area contributed by atoms with Gasteiger partial charge >= 0.3 is 5.69 Å². The van der Waals surface area contributed by atoms with Crippen molar-refractivity contribution in [2.75, 3.05) is 12.4 Å². The Morgan fingerprint density at radius 2 is 2.00 bits per heavy atom. The molecule has 176 valence electrons. The quantitative estimate of drug-likeness (QED) is 0.524. The van der Waals surface area contributed by atoms with Crippen molar-refractivity contribution >= 4 is 11.6 Å². The number of carbonyl (C=O) groups excluding carboxylic acids is 1. The van der Waals surface area contributed by atoms with Crippen LogP contribution in [0, 0.1) is 5.82 Å². The molecule has 0 aliphatic heterocycles. The van der Waals surface area contributed by atoms with Gasteiger partial charge in [0.2, 0.25) is 0 Å². The number of amides is 1. The van der Waals surface area contributed by atoms with Crippen LogP contribution in [0.1, 0.15) is 49.8 Å². The first kappa shape index (κ1) is 24.0. The minimum Gasteiger partial charge on any atom is -0.497 e. The molecule has 3 rings (SSSR count). The zero-order valence-corrected chi connectivity index (χ0v) is 19.5. The third-order valence-electron chi connectivity index (χ3n) is 5.26. The van der Waals surface area contributed by atoms with Crippen molar-refractivity contribution in [2.45, 2.75) is 46.1 Å². The monoisotopic (exact) mass is 456 g/mol. The summed E-state index contributed by atoms with van der Waals surface area (Å²) in [6.07, 6.45) is 1.91. The highest BCUT2D eigenvalue weighted by atomic mass is 19.1. The normalized spacial score (nSPS) is 11.8. The number of halogens is 1. The molecule has 0 fully saturated rings. The second kappa shape index (κ2) is 10.3. The third kappa shape index (κ3) is 5.24. The second-order valence-electron chi connectivity index (χ2n) is 7.73. The van der Waals surface area contributed by atoms with Crippen molar-refractivity contribution in [2.24, 2.45) is 7.05 Å². The van der Waals surface area contributed by atoms with Gasteiger partial charge in [-0.15, -0.1) is 5.10 Å². The Morgan fingerprint density at radius 1 is 1.24 bits per heavy atom. The fourth-order valence-electron chi connectivity index (χ4n) is 3.50. The average molecular weight is 457 g/mol. The fourth-order valence-corrected chi connectivity index (χ4v) is 3.50. The van der Waals surface area contributed by atoms with Gasteiger partial charge < -0.3 is 14.8 Å². The summed E-state index contributed by atoms with van der Waals surface area (Å²) in [5.41, 5.74) is -0.0505. The maximum absolute atomic E-state index is 15.2. The fraction of sp³-hybridized carbons (Fsp3) is 0.375. The summed E-state index contributed by atoms with van der Waals surface area (Å²) >= 11 is 0. The molecule has 0 saturated heterocycles. The zero-order valence-electron chi connectivity index (χ0n) is 19.5. The standard InChI is InChI=1S/C24H29FN4O4/c1-6-9-15(3)33-21-14-20(29-24(31)28(4)22(7-2)27-29)19(25)13-18(21)23(30)26-16-10-8-11-17(12-16)32-5/h8,10-15H,6-7,9H2,1-5H3,(H,26,30). The lowest BCUT2D eigenvalue weighted by Crippen LogP contribution is -2.24. The van der Waals surface area contributed by atoms with Crippen LogP contribution in [0.5, 0.6) is 11.5 Å². The van der Waals surface area contributed by atoms with Gasteiger partial charge in [0, 0.05) is 31.3 Å². The van der Waals surface area contributed by atoms with Gasteiger partial charge in [-0.1, -0.05) is 26.3 Å². The van der Waals surface area contributed by atoms with Crippen LogP contribution in [0.25, 0.3) is 5.69 Å². The Balaban J connectivity index is 2.06. The SMILES string of the molecule is CCCC(C)Oc1cc(-n2nc(CC)n(C)c2=O)c(F)cc1C(=O)Nc1cccc(OC)c1. The van der Waals surface area contributed by atoms with Gasteiger partial charge in [-0.05, 0) is 31.5 Å².